The van der Waals surface area contributed by atoms with E-state index in [1.54, 1.807) is 6.07 Å². The predicted molar refractivity (Wildman–Crippen MR) is 75.2 cm³/mol. The highest BCUT2D eigenvalue weighted by Crippen LogP contribution is 2.11. The van der Waals surface area contributed by atoms with Crippen molar-refractivity contribution in [3.63, 3.8) is 0 Å². The van der Waals surface area contributed by atoms with Crippen LogP contribution >= 0.6 is 0 Å². The molecule has 108 valence electrons. The van der Waals surface area contributed by atoms with Crippen LogP contribution in [0.5, 0.6) is 0 Å². The maximum Gasteiger partial charge on any atom is 0.270 e. The molecule has 0 atom stereocenters. The van der Waals surface area contributed by atoms with Crippen molar-refractivity contribution < 1.29 is 4.79 Å². The van der Waals surface area contributed by atoms with E-state index < -0.39 is 0 Å². The quantitative estimate of drug-likeness (QED) is 0.908. The van der Waals surface area contributed by atoms with Gasteiger partial charge in [0.15, 0.2) is 5.82 Å². The highest BCUT2D eigenvalue weighted by Gasteiger charge is 2.13. The molecule has 0 aliphatic heterocycles. The molecule has 0 spiro atoms. The Morgan fingerprint density at radius 3 is 2.71 bits per heavy atom. The summed E-state index contributed by atoms with van der Waals surface area (Å²) in [4.78, 5) is 15.9. The summed E-state index contributed by atoms with van der Waals surface area (Å²) in [5.41, 5.74) is 0.682. The number of hydrogen-bond donors (Lipinski definition) is 1. The zero-order valence-electron chi connectivity index (χ0n) is 12.2. The van der Waals surface area contributed by atoms with Gasteiger partial charge >= 0.3 is 0 Å². The molecule has 7 nitrogen and oxygen atoms in total. The number of carbonyl (C=O) groups is 1. The van der Waals surface area contributed by atoms with Crippen LogP contribution in [0.1, 0.15) is 47.5 Å². The van der Waals surface area contributed by atoms with Crippen molar-refractivity contribution in [2.45, 2.75) is 26.3 Å². The zero-order chi connectivity index (χ0) is 15.4. The van der Waals surface area contributed by atoms with E-state index in [4.69, 9.17) is 5.26 Å². The summed E-state index contributed by atoms with van der Waals surface area (Å²) in [5, 5.41) is 19.6. The summed E-state index contributed by atoms with van der Waals surface area (Å²) in [5.74, 6) is 1.51. The van der Waals surface area contributed by atoms with Gasteiger partial charge in [-0.2, -0.15) is 5.26 Å². The van der Waals surface area contributed by atoms with Crippen LogP contribution in [0.2, 0.25) is 0 Å². The second kappa shape index (κ2) is 6.13. The Morgan fingerprint density at radius 2 is 2.19 bits per heavy atom. The van der Waals surface area contributed by atoms with Crippen LogP contribution < -0.4 is 5.32 Å². The average molecular weight is 284 g/mol. The summed E-state index contributed by atoms with van der Waals surface area (Å²) < 4.78 is 1.87. The van der Waals surface area contributed by atoms with Crippen LogP contribution in [-0.2, 0) is 13.6 Å². The second-order valence-corrected chi connectivity index (χ2v) is 4.91. The molecule has 7 heteroatoms. The Hall–Kier alpha value is -2.75. The van der Waals surface area contributed by atoms with Gasteiger partial charge in [-0.3, -0.25) is 4.79 Å². The van der Waals surface area contributed by atoms with E-state index in [-0.39, 0.29) is 24.1 Å². The van der Waals surface area contributed by atoms with Gasteiger partial charge in [-0.15, -0.1) is 10.2 Å². The Kier molecular flexibility index (Phi) is 4.28. The van der Waals surface area contributed by atoms with Crippen LogP contribution in [0.15, 0.2) is 18.3 Å². The third-order valence-corrected chi connectivity index (χ3v) is 3.05. The van der Waals surface area contributed by atoms with Gasteiger partial charge < -0.3 is 9.88 Å². The molecular weight excluding hydrogens is 268 g/mol. The lowest BCUT2D eigenvalue weighted by Crippen LogP contribution is -2.25. The lowest BCUT2D eigenvalue weighted by molar-refractivity contribution is 0.0944. The minimum Gasteiger partial charge on any atom is -0.343 e. The molecule has 0 aliphatic rings. The normalized spacial score (nSPS) is 10.4. The van der Waals surface area contributed by atoms with E-state index in [9.17, 15) is 4.79 Å². The highest BCUT2D eigenvalue weighted by molar-refractivity contribution is 5.92. The monoisotopic (exact) mass is 284 g/mol. The number of amides is 1. The number of pyridine rings is 1. The summed E-state index contributed by atoms with van der Waals surface area (Å²) in [7, 11) is 1.87. The standard InChI is InChI=1S/C14H16N6O/c1-9(2)13-19-18-12(20(13)3)8-17-14(21)11-5-4-10(6-15)7-16-11/h4-5,7,9H,8H2,1-3H3,(H,17,21). The average Bonchev–Trinajstić information content (AvgIpc) is 2.86. The van der Waals surface area contributed by atoms with Crippen molar-refractivity contribution in [1.82, 2.24) is 25.1 Å². The summed E-state index contributed by atoms with van der Waals surface area (Å²) in [6.07, 6.45) is 1.37. The highest BCUT2D eigenvalue weighted by atomic mass is 16.1. The molecule has 0 fully saturated rings. The molecule has 2 aromatic rings. The van der Waals surface area contributed by atoms with Gasteiger partial charge in [-0.25, -0.2) is 4.98 Å². The summed E-state index contributed by atoms with van der Waals surface area (Å²) >= 11 is 0. The van der Waals surface area contributed by atoms with E-state index in [1.165, 1.54) is 12.3 Å². The largest absolute Gasteiger partial charge is 0.343 e. The van der Waals surface area contributed by atoms with Crippen LogP contribution in [0.4, 0.5) is 0 Å². The van der Waals surface area contributed by atoms with E-state index in [2.05, 4.69) is 20.5 Å². The first-order valence-electron chi connectivity index (χ1n) is 6.55. The first-order chi connectivity index (χ1) is 10.0. The minimum atomic E-state index is -0.311. The number of nitrogens with one attached hydrogen (secondary N) is 1. The topological polar surface area (TPSA) is 96.5 Å². The van der Waals surface area contributed by atoms with Crippen LogP contribution in [-0.4, -0.2) is 25.7 Å². The third-order valence-electron chi connectivity index (χ3n) is 3.05. The smallest absolute Gasteiger partial charge is 0.270 e. The molecule has 0 saturated carbocycles. The Labute approximate surface area is 122 Å². The predicted octanol–water partition coefficient (Wildman–Crippen LogP) is 1.14. The number of nitriles is 1. The molecular formula is C14H16N6O. The first kappa shape index (κ1) is 14.7. The molecule has 0 radical (unpaired) electrons. The van der Waals surface area contributed by atoms with Crippen molar-refractivity contribution in [2.75, 3.05) is 0 Å². The number of aromatic nitrogens is 4. The molecule has 1 amide bonds. The summed E-state index contributed by atoms with van der Waals surface area (Å²) in [6.45, 7) is 4.34. The van der Waals surface area contributed by atoms with Gasteiger partial charge in [0.25, 0.3) is 5.91 Å². The molecule has 1 N–H and O–H groups in total. The molecule has 2 aromatic heterocycles. The van der Waals surface area contributed by atoms with E-state index >= 15 is 0 Å². The zero-order valence-corrected chi connectivity index (χ0v) is 12.2. The van der Waals surface area contributed by atoms with Crippen LogP contribution in [0.25, 0.3) is 0 Å². The molecule has 0 bridgehead atoms. The third kappa shape index (κ3) is 3.23. The van der Waals surface area contributed by atoms with Crippen LogP contribution in [0, 0.1) is 11.3 Å². The fourth-order valence-electron chi connectivity index (χ4n) is 1.88. The lowest BCUT2D eigenvalue weighted by atomic mass is 10.2. The van der Waals surface area contributed by atoms with Crippen LogP contribution in [0.3, 0.4) is 0 Å². The molecule has 21 heavy (non-hydrogen) atoms. The van der Waals surface area contributed by atoms with Crippen molar-refractivity contribution in [3.05, 3.63) is 41.2 Å². The van der Waals surface area contributed by atoms with Gasteiger partial charge in [0.05, 0.1) is 12.1 Å². The Balaban J connectivity index is 2.02. The molecule has 0 unspecified atom stereocenters. The Bertz CT molecular complexity index is 680. The number of rotatable bonds is 4. The van der Waals surface area contributed by atoms with E-state index in [0.29, 0.717) is 11.4 Å². The van der Waals surface area contributed by atoms with Crippen molar-refractivity contribution in [3.8, 4) is 6.07 Å². The van der Waals surface area contributed by atoms with Gasteiger partial charge in [0, 0.05) is 19.2 Å². The van der Waals surface area contributed by atoms with E-state index in [0.717, 1.165) is 5.82 Å². The van der Waals surface area contributed by atoms with Gasteiger partial charge in [-0.05, 0) is 12.1 Å². The SMILES string of the molecule is CC(C)c1nnc(CNC(=O)c2ccc(C#N)cn2)n1C. The number of hydrogen-bond acceptors (Lipinski definition) is 5. The van der Waals surface area contributed by atoms with E-state index in [1.807, 2.05) is 31.5 Å². The van der Waals surface area contributed by atoms with Crippen molar-refractivity contribution >= 4 is 5.91 Å². The van der Waals surface area contributed by atoms with Gasteiger partial charge in [0.2, 0.25) is 0 Å². The summed E-state index contributed by atoms with van der Waals surface area (Å²) in [6, 6.07) is 5.03. The number of nitrogens with zero attached hydrogens (tertiary/aromatic N) is 5. The van der Waals surface area contributed by atoms with Gasteiger partial charge in [0.1, 0.15) is 17.6 Å². The number of carbonyl (C=O) groups excluding carboxylic acids is 1. The Morgan fingerprint density at radius 1 is 1.43 bits per heavy atom. The molecule has 0 aromatic carbocycles. The van der Waals surface area contributed by atoms with Gasteiger partial charge in [-0.1, -0.05) is 13.8 Å². The fourth-order valence-corrected chi connectivity index (χ4v) is 1.88. The lowest BCUT2D eigenvalue weighted by Gasteiger charge is -2.07. The van der Waals surface area contributed by atoms with Crippen molar-refractivity contribution in [1.29, 1.82) is 5.26 Å². The second-order valence-electron chi connectivity index (χ2n) is 4.91. The molecule has 2 rings (SSSR count). The maximum absolute atomic E-state index is 12.0. The molecule has 2 heterocycles. The van der Waals surface area contributed by atoms with Crippen molar-refractivity contribution in [2.24, 2.45) is 7.05 Å². The molecule has 0 aliphatic carbocycles. The molecule has 0 saturated heterocycles. The first-order valence-corrected chi connectivity index (χ1v) is 6.55. The minimum absolute atomic E-state index is 0.264. The fraction of sp³-hybridized carbons (Fsp3) is 0.357. The maximum atomic E-state index is 12.0.